The van der Waals surface area contributed by atoms with Gasteiger partial charge in [-0.1, -0.05) is 36.4 Å². The first kappa shape index (κ1) is 24.4. The molecule has 0 saturated carbocycles. The third-order valence-electron chi connectivity index (χ3n) is 6.08. The van der Waals surface area contributed by atoms with Gasteiger partial charge in [0.25, 0.3) is 11.8 Å². The summed E-state index contributed by atoms with van der Waals surface area (Å²) in [5.74, 6) is -2.05. The molecule has 2 heterocycles. The summed E-state index contributed by atoms with van der Waals surface area (Å²) < 4.78 is 0. The Hall–Kier alpha value is -3.73. The molecule has 0 bridgehead atoms. The van der Waals surface area contributed by atoms with Crippen molar-refractivity contribution in [1.82, 2.24) is 15.6 Å². The van der Waals surface area contributed by atoms with Crippen molar-refractivity contribution in [3.63, 3.8) is 0 Å². The molecule has 0 spiro atoms. The van der Waals surface area contributed by atoms with Crippen LogP contribution in [0.4, 0.5) is 11.4 Å². The SMILES string of the molecule is C[C@@H](NC(=O)[C@H](O)[C@@H](O)C(=O)N1CCN(c2ccccc2)C(=O)C1)c1ccc(N2C=CCN2)cc1. The lowest BCUT2D eigenvalue weighted by Crippen LogP contribution is -2.57. The predicted octanol–water partition coefficient (Wildman–Crippen LogP) is 0.299. The first-order chi connectivity index (χ1) is 16.8. The summed E-state index contributed by atoms with van der Waals surface area (Å²) in [6.07, 6.45) is -0.0347. The number of hydrogen-bond acceptors (Lipinski definition) is 7. The molecule has 1 fully saturated rings. The van der Waals surface area contributed by atoms with Crippen molar-refractivity contribution < 1.29 is 24.6 Å². The van der Waals surface area contributed by atoms with Crippen LogP contribution < -0.4 is 20.7 Å². The van der Waals surface area contributed by atoms with E-state index in [2.05, 4.69) is 10.7 Å². The number of hydrogen-bond donors (Lipinski definition) is 4. The largest absolute Gasteiger partial charge is 0.380 e. The standard InChI is InChI=1S/C25H29N5O5/c1-17(18-8-10-20(11-9-18)30-13-5-12-26-30)27-24(34)22(32)23(33)25(35)28-14-15-29(21(31)16-28)19-6-3-2-4-7-19/h2-11,13,17,22-23,26,32-33H,12,14-16H2,1H3,(H,27,34)/t17-,22-,23-/m1/s1. The van der Waals surface area contributed by atoms with Crippen molar-refractivity contribution in [3.05, 3.63) is 72.4 Å². The number of carbonyl (C=O) groups excluding carboxylic acids is 3. The molecule has 10 nitrogen and oxygen atoms in total. The highest BCUT2D eigenvalue weighted by molar-refractivity contribution is 5.99. The number of benzene rings is 2. The monoisotopic (exact) mass is 479 g/mol. The summed E-state index contributed by atoms with van der Waals surface area (Å²) >= 11 is 0. The number of aliphatic hydroxyl groups is 2. The van der Waals surface area contributed by atoms with Crippen LogP contribution in [0, 0.1) is 0 Å². The molecule has 10 heteroatoms. The van der Waals surface area contributed by atoms with Crippen LogP contribution in [0.1, 0.15) is 18.5 Å². The molecule has 2 aliphatic heterocycles. The zero-order valence-corrected chi connectivity index (χ0v) is 19.4. The minimum Gasteiger partial charge on any atom is -0.380 e. The van der Waals surface area contributed by atoms with E-state index in [9.17, 15) is 24.6 Å². The molecule has 184 valence electrons. The Bertz CT molecular complexity index is 1090. The van der Waals surface area contributed by atoms with Crippen LogP contribution in [0.25, 0.3) is 0 Å². The fraction of sp³-hybridized carbons (Fsp3) is 0.320. The van der Waals surface area contributed by atoms with Crippen LogP contribution in [0.5, 0.6) is 0 Å². The quantitative estimate of drug-likeness (QED) is 0.450. The summed E-state index contributed by atoms with van der Waals surface area (Å²) in [6.45, 7) is 2.67. The molecular weight excluding hydrogens is 450 g/mol. The molecule has 2 aromatic carbocycles. The highest BCUT2D eigenvalue weighted by Crippen LogP contribution is 2.20. The topological polar surface area (TPSA) is 125 Å². The fourth-order valence-corrected chi connectivity index (χ4v) is 4.05. The first-order valence-electron chi connectivity index (χ1n) is 11.4. The Morgan fingerprint density at radius 1 is 0.971 bits per heavy atom. The Balaban J connectivity index is 1.31. The van der Waals surface area contributed by atoms with E-state index in [1.165, 1.54) is 0 Å². The fourth-order valence-electron chi connectivity index (χ4n) is 4.05. The van der Waals surface area contributed by atoms with Crippen molar-refractivity contribution in [3.8, 4) is 0 Å². The Labute approximate surface area is 203 Å². The second-order valence-corrected chi connectivity index (χ2v) is 8.47. The van der Waals surface area contributed by atoms with Crippen LogP contribution in [0.15, 0.2) is 66.9 Å². The van der Waals surface area contributed by atoms with Gasteiger partial charge in [-0.05, 0) is 36.8 Å². The van der Waals surface area contributed by atoms with Gasteiger partial charge in [-0.3, -0.25) is 19.4 Å². The molecule has 4 rings (SSSR count). The molecule has 0 aromatic heterocycles. The van der Waals surface area contributed by atoms with Gasteiger partial charge in [0, 0.05) is 31.5 Å². The molecule has 2 aromatic rings. The lowest BCUT2D eigenvalue weighted by Gasteiger charge is -2.35. The molecule has 1 saturated heterocycles. The van der Waals surface area contributed by atoms with Gasteiger partial charge in [0.2, 0.25) is 5.91 Å². The van der Waals surface area contributed by atoms with E-state index >= 15 is 0 Å². The van der Waals surface area contributed by atoms with Gasteiger partial charge in [-0.15, -0.1) is 0 Å². The van der Waals surface area contributed by atoms with Crippen LogP contribution in [-0.2, 0) is 14.4 Å². The van der Waals surface area contributed by atoms with Gasteiger partial charge in [0.1, 0.15) is 6.54 Å². The van der Waals surface area contributed by atoms with Crippen molar-refractivity contribution in [1.29, 1.82) is 0 Å². The maximum absolute atomic E-state index is 12.7. The number of nitrogens with zero attached hydrogens (tertiary/aromatic N) is 3. The normalized spacial score (nSPS) is 18.4. The summed E-state index contributed by atoms with van der Waals surface area (Å²) in [4.78, 5) is 40.5. The lowest BCUT2D eigenvalue weighted by atomic mass is 10.1. The molecule has 0 aliphatic carbocycles. The Morgan fingerprint density at radius 2 is 1.69 bits per heavy atom. The van der Waals surface area contributed by atoms with Gasteiger partial charge in [0.05, 0.1) is 11.7 Å². The minimum absolute atomic E-state index is 0.175. The van der Waals surface area contributed by atoms with Gasteiger partial charge in [0.15, 0.2) is 12.2 Å². The average Bonchev–Trinajstić information content (AvgIpc) is 3.43. The number of rotatable bonds is 7. The molecule has 0 unspecified atom stereocenters. The molecule has 2 aliphatic rings. The zero-order valence-electron chi connectivity index (χ0n) is 19.4. The average molecular weight is 480 g/mol. The van der Waals surface area contributed by atoms with Gasteiger partial charge in [-0.2, -0.15) is 0 Å². The van der Waals surface area contributed by atoms with Crippen LogP contribution >= 0.6 is 0 Å². The number of para-hydroxylation sites is 1. The lowest BCUT2D eigenvalue weighted by molar-refractivity contribution is -0.155. The molecule has 3 atom stereocenters. The minimum atomic E-state index is -1.98. The summed E-state index contributed by atoms with van der Waals surface area (Å²) in [7, 11) is 0. The Kier molecular flexibility index (Phi) is 7.45. The number of carbonyl (C=O) groups is 3. The van der Waals surface area contributed by atoms with Crippen LogP contribution in [0.2, 0.25) is 0 Å². The number of nitrogens with one attached hydrogen (secondary N) is 2. The highest BCUT2D eigenvalue weighted by atomic mass is 16.3. The summed E-state index contributed by atoms with van der Waals surface area (Å²) in [5, 5.41) is 25.2. The van der Waals surface area contributed by atoms with E-state index in [-0.39, 0.29) is 25.5 Å². The second kappa shape index (κ2) is 10.7. The van der Waals surface area contributed by atoms with E-state index in [1.54, 1.807) is 24.0 Å². The molecule has 3 amide bonds. The number of hydrazine groups is 1. The maximum atomic E-state index is 12.7. The van der Waals surface area contributed by atoms with E-state index in [4.69, 9.17) is 0 Å². The first-order valence-corrected chi connectivity index (χ1v) is 11.4. The van der Waals surface area contributed by atoms with E-state index < -0.39 is 30.1 Å². The molecular formula is C25H29N5O5. The highest BCUT2D eigenvalue weighted by Gasteiger charge is 2.37. The van der Waals surface area contributed by atoms with E-state index in [0.717, 1.165) is 28.4 Å². The Morgan fingerprint density at radius 3 is 2.31 bits per heavy atom. The smallest absolute Gasteiger partial charge is 0.255 e. The van der Waals surface area contributed by atoms with E-state index in [1.807, 2.05) is 59.7 Å². The predicted molar refractivity (Wildman–Crippen MR) is 130 cm³/mol. The van der Waals surface area contributed by atoms with Crippen LogP contribution in [-0.4, -0.2) is 71.2 Å². The summed E-state index contributed by atoms with van der Waals surface area (Å²) in [6, 6.07) is 16.1. The van der Waals surface area contributed by atoms with Gasteiger partial charge < -0.3 is 25.3 Å². The molecule has 0 radical (unpaired) electrons. The number of aliphatic hydroxyl groups excluding tert-OH is 2. The molecule has 35 heavy (non-hydrogen) atoms. The number of piperazine rings is 1. The number of anilines is 2. The van der Waals surface area contributed by atoms with Crippen molar-refractivity contribution >= 4 is 29.1 Å². The van der Waals surface area contributed by atoms with Crippen molar-refractivity contribution in [2.75, 3.05) is 36.1 Å². The third kappa shape index (κ3) is 5.51. The van der Waals surface area contributed by atoms with Crippen LogP contribution in [0.3, 0.4) is 0 Å². The maximum Gasteiger partial charge on any atom is 0.255 e. The van der Waals surface area contributed by atoms with Gasteiger partial charge >= 0.3 is 0 Å². The van der Waals surface area contributed by atoms with Crippen molar-refractivity contribution in [2.45, 2.75) is 25.2 Å². The van der Waals surface area contributed by atoms with Gasteiger partial charge in [-0.25, -0.2) is 5.43 Å². The number of amides is 3. The third-order valence-corrected chi connectivity index (χ3v) is 6.08. The zero-order chi connectivity index (χ0) is 24.9. The summed E-state index contributed by atoms with van der Waals surface area (Å²) in [5.41, 5.74) is 5.61. The second-order valence-electron chi connectivity index (χ2n) is 8.47. The van der Waals surface area contributed by atoms with Crippen molar-refractivity contribution in [2.24, 2.45) is 0 Å². The van der Waals surface area contributed by atoms with E-state index in [0.29, 0.717) is 0 Å². The molecule has 4 N–H and O–H groups in total.